The molecular formula is C8H13NO2. The Morgan fingerprint density at radius 1 is 1.64 bits per heavy atom. The molecular weight excluding hydrogens is 142 g/mol. The Hall–Kier alpha value is -0.570. The van der Waals surface area contributed by atoms with Crippen molar-refractivity contribution in [2.45, 2.75) is 25.4 Å². The van der Waals surface area contributed by atoms with Gasteiger partial charge in [0.2, 0.25) is 5.91 Å². The van der Waals surface area contributed by atoms with Crippen LogP contribution >= 0.6 is 0 Å². The van der Waals surface area contributed by atoms with Crippen LogP contribution in [-0.4, -0.2) is 25.7 Å². The molecule has 1 N–H and O–H groups in total. The number of nitrogens with one attached hydrogen (secondary N) is 1. The first kappa shape index (κ1) is 7.10. The topological polar surface area (TPSA) is 38.3 Å². The van der Waals surface area contributed by atoms with E-state index in [1.165, 1.54) is 0 Å². The molecule has 2 fully saturated rings. The number of hydrogen-bond acceptors (Lipinski definition) is 2. The molecule has 3 heteroatoms. The third-order valence-corrected chi connectivity index (χ3v) is 2.94. The van der Waals surface area contributed by atoms with Crippen molar-refractivity contribution >= 4 is 5.91 Å². The summed E-state index contributed by atoms with van der Waals surface area (Å²) in [6.45, 7) is 0.856. The highest BCUT2D eigenvalue weighted by molar-refractivity contribution is 5.85. The van der Waals surface area contributed by atoms with E-state index in [0.29, 0.717) is 6.10 Å². The highest BCUT2D eigenvalue weighted by atomic mass is 16.5. The molecule has 0 aromatic carbocycles. The van der Waals surface area contributed by atoms with Crippen LogP contribution in [0, 0.1) is 5.41 Å². The Labute approximate surface area is 66.1 Å². The second-order valence-corrected chi connectivity index (χ2v) is 3.55. The zero-order chi connectivity index (χ0) is 7.90. The Morgan fingerprint density at radius 3 is 2.82 bits per heavy atom. The van der Waals surface area contributed by atoms with Gasteiger partial charge < -0.3 is 10.1 Å². The predicted molar refractivity (Wildman–Crippen MR) is 40.1 cm³/mol. The maximum absolute atomic E-state index is 11.3. The summed E-state index contributed by atoms with van der Waals surface area (Å²) in [7, 11) is 1.71. The predicted octanol–water partition coefficient (Wildman–Crippen LogP) is 0.301. The summed E-state index contributed by atoms with van der Waals surface area (Å²) in [5.41, 5.74) is -0.0271. The Bertz CT molecular complexity index is 185. The van der Waals surface area contributed by atoms with Gasteiger partial charge in [0.15, 0.2) is 0 Å². The van der Waals surface area contributed by atoms with Gasteiger partial charge in [-0.15, -0.1) is 0 Å². The van der Waals surface area contributed by atoms with Crippen LogP contribution in [0.25, 0.3) is 0 Å². The van der Waals surface area contributed by atoms with Crippen molar-refractivity contribution in [3.05, 3.63) is 0 Å². The molecule has 0 unspecified atom stereocenters. The van der Waals surface area contributed by atoms with Gasteiger partial charge in [0.05, 0.1) is 11.5 Å². The molecule has 1 aliphatic carbocycles. The van der Waals surface area contributed by atoms with E-state index in [2.05, 4.69) is 5.32 Å². The van der Waals surface area contributed by atoms with Crippen molar-refractivity contribution in [2.24, 2.45) is 5.41 Å². The summed E-state index contributed by atoms with van der Waals surface area (Å²) in [5, 5.41) is 2.86. The minimum atomic E-state index is -0.0271. The largest absolute Gasteiger partial charge is 0.381 e. The lowest BCUT2D eigenvalue weighted by Crippen LogP contribution is -2.46. The number of methoxy groups -OCH3 is 1. The van der Waals surface area contributed by atoms with Crippen LogP contribution in [0.3, 0.4) is 0 Å². The number of hydrogen-bond donors (Lipinski definition) is 1. The van der Waals surface area contributed by atoms with E-state index >= 15 is 0 Å². The molecule has 1 aliphatic heterocycles. The highest BCUT2D eigenvalue weighted by Crippen LogP contribution is 2.47. The molecule has 0 aromatic heterocycles. The highest BCUT2D eigenvalue weighted by Gasteiger charge is 2.52. The van der Waals surface area contributed by atoms with Gasteiger partial charge in [0.1, 0.15) is 0 Å². The van der Waals surface area contributed by atoms with Gasteiger partial charge in [0.25, 0.3) is 0 Å². The van der Waals surface area contributed by atoms with Gasteiger partial charge in [0, 0.05) is 13.7 Å². The van der Waals surface area contributed by atoms with Crippen molar-refractivity contribution in [3.63, 3.8) is 0 Å². The van der Waals surface area contributed by atoms with E-state index in [1.54, 1.807) is 7.11 Å². The number of amides is 1. The number of carbonyl (C=O) groups excluding carboxylic acids is 1. The van der Waals surface area contributed by atoms with E-state index in [4.69, 9.17) is 4.74 Å². The lowest BCUT2D eigenvalue weighted by molar-refractivity contribution is -0.141. The standard InChI is InChI=1S/C8H13NO2/c1-11-6-4-8(5-6)2-3-9-7(8)10/h6H,2-5H2,1H3,(H,9,10). The smallest absolute Gasteiger partial charge is 0.226 e. The van der Waals surface area contributed by atoms with Gasteiger partial charge in [-0.05, 0) is 19.3 Å². The quantitative estimate of drug-likeness (QED) is 0.591. The van der Waals surface area contributed by atoms with Gasteiger partial charge >= 0.3 is 0 Å². The van der Waals surface area contributed by atoms with Gasteiger partial charge in [-0.1, -0.05) is 0 Å². The van der Waals surface area contributed by atoms with Gasteiger partial charge in [-0.25, -0.2) is 0 Å². The van der Waals surface area contributed by atoms with E-state index in [-0.39, 0.29) is 11.3 Å². The Kier molecular flexibility index (Phi) is 1.42. The number of rotatable bonds is 1. The van der Waals surface area contributed by atoms with Crippen LogP contribution < -0.4 is 5.32 Å². The molecule has 0 radical (unpaired) electrons. The number of ether oxygens (including phenoxy) is 1. The maximum atomic E-state index is 11.3. The lowest BCUT2D eigenvalue weighted by atomic mass is 9.66. The summed E-state index contributed by atoms with van der Waals surface area (Å²) in [6, 6.07) is 0. The maximum Gasteiger partial charge on any atom is 0.226 e. The van der Waals surface area contributed by atoms with Crippen molar-refractivity contribution in [3.8, 4) is 0 Å². The molecule has 3 nitrogen and oxygen atoms in total. The summed E-state index contributed by atoms with van der Waals surface area (Å²) in [5.74, 6) is 0.241. The molecule has 62 valence electrons. The molecule has 1 heterocycles. The fourth-order valence-electron chi connectivity index (χ4n) is 2.08. The molecule has 1 saturated heterocycles. The lowest BCUT2D eigenvalue weighted by Gasteiger charge is -2.41. The summed E-state index contributed by atoms with van der Waals surface area (Å²) < 4.78 is 5.14. The molecule has 1 amide bonds. The van der Waals surface area contributed by atoms with E-state index < -0.39 is 0 Å². The van der Waals surface area contributed by atoms with E-state index in [1.807, 2.05) is 0 Å². The second-order valence-electron chi connectivity index (χ2n) is 3.55. The molecule has 0 atom stereocenters. The molecule has 1 spiro atoms. The zero-order valence-electron chi connectivity index (χ0n) is 6.72. The normalized spacial score (nSPS) is 42.3. The number of carbonyl (C=O) groups is 1. The van der Waals surface area contributed by atoms with Crippen molar-refractivity contribution < 1.29 is 9.53 Å². The van der Waals surface area contributed by atoms with Crippen molar-refractivity contribution in [1.82, 2.24) is 5.32 Å². The molecule has 2 rings (SSSR count). The molecule has 11 heavy (non-hydrogen) atoms. The fourth-order valence-corrected chi connectivity index (χ4v) is 2.08. The Morgan fingerprint density at radius 2 is 2.36 bits per heavy atom. The molecule has 2 aliphatic rings. The van der Waals surface area contributed by atoms with Crippen LogP contribution in [0.2, 0.25) is 0 Å². The van der Waals surface area contributed by atoms with E-state index in [9.17, 15) is 4.79 Å². The van der Waals surface area contributed by atoms with Crippen LogP contribution in [0.15, 0.2) is 0 Å². The first-order chi connectivity index (χ1) is 5.27. The Balaban J connectivity index is 2.00. The average Bonchev–Trinajstić information content (AvgIpc) is 2.27. The zero-order valence-corrected chi connectivity index (χ0v) is 6.72. The van der Waals surface area contributed by atoms with Gasteiger partial charge in [-0.2, -0.15) is 0 Å². The second kappa shape index (κ2) is 2.21. The minimum Gasteiger partial charge on any atom is -0.381 e. The fraction of sp³-hybridized carbons (Fsp3) is 0.875. The molecule has 0 bridgehead atoms. The van der Waals surface area contributed by atoms with Crippen LogP contribution in [0.5, 0.6) is 0 Å². The van der Waals surface area contributed by atoms with Crippen LogP contribution in [0.1, 0.15) is 19.3 Å². The van der Waals surface area contributed by atoms with Crippen molar-refractivity contribution in [2.75, 3.05) is 13.7 Å². The minimum absolute atomic E-state index is 0.0271. The summed E-state index contributed by atoms with van der Waals surface area (Å²) in [4.78, 5) is 11.3. The summed E-state index contributed by atoms with van der Waals surface area (Å²) >= 11 is 0. The third kappa shape index (κ3) is 0.872. The first-order valence-electron chi connectivity index (χ1n) is 4.08. The molecule has 0 aromatic rings. The SMILES string of the molecule is COC1CC2(CCNC2=O)C1. The van der Waals surface area contributed by atoms with Crippen molar-refractivity contribution in [1.29, 1.82) is 0 Å². The monoisotopic (exact) mass is 155 g/mol. The summed E-state index contributed by atoms with van der Waals surface area (Å²) in [6.07, 6.45) is 3.19. The first-order valence-corrected chi connectivity index (χ1v) is 4.08. The molecule has 1 saturated carbocycles. The van der Waals surface area contributed by atoms with Gasteiger partial charge in [-0.3, -0.25) is 4.79 Å². The third-order valence-electron chi connectivity index (χ3n) is 2.94. The van der Waals surface area contributed by atoms with E-state index in [0.717, 1.165) is 25.8 Å². The average molecular weight is 155 g/mol. The van der Waals surface area contributed by atoms with Crippen LogP contribution in [-0.2, 0) is 9.53 Å². The van der Waals surface area contributed by atoms with Crippen LogP contribution in [0.4, 0.5) is 0 Å².